The van der Waals surface area contributed by atoms with E-state index < -0.39 is 119 Å². The van der Waals surface area contributed by atoms with Gasteiger partial charge in [-0.2, -0.15) is 87.8 Å². The Hall–Kier alpha value is -4.30. The topological polar surface area (TPSA) is 99.2 Å². The predicted molar refractivity (Wildman–Crippen MR) is 108 cm³/mol. The molecule has 1 unspecified atom stereocenters. The van der Waals surface area contributed by atoms with Gasteiger partial charge in [0.15, 0.2) is 11.5 Å². The van der Waals surface area contributed by atoms with E-state index in [-0.39, 0.29) is 13.1 Å². The molecule has 28 heteroatoms. The minimum absolute atomic E-state index is 0.106. The fraction of sp³-hybridized carbons (Fsp3) is 0.524. The minimum Gasteiger partial charge on any atom is -0.451 e. The molecule has 0 spiro atoms. The summed E-state index contributed by atoms with van der Waals surface area (Å²) in [4.78, 5) is 45.4. The molecule has 1 aromatic carbocycles. The van der Waals surface area contributed by atoms with Crippen LogP contribution in [0, 0.1) is 0 Å². The molecule has 0 bridgehead atoms. The Morgan fingerprint density at radius 3 is 1.27 bits per heavy atom. The monoisotopic (exact) mass is 767 g/mol. The van der Waals surface area contributed by atoms with Crippen LogP contribution in [-0.4, -0.2) is 90.7 Å². The first-order chi connectivity index (χ1) is 21.4. The SMILES string of the molecule is CN(CC(OC(=O)C(F)(F)C(F)(F)F)c1ccc(OC(=O)C(F)(F)C(F)(F)F)c(OC(=O)C(F)(F)C(F)(F)F)c1)C(=O)C(F)(F)C(F)(F)F. The lowest BCUT2D eigenvalue weighted by atomic mass is 10.1. The molecule has 0 fully saturated rings. The van der Waals surface area contributed by atoms with Gasteiger partial charge >= 0.3 is 72.2 Å². The van der Waals surface area contributed by atoms with Gasteiger partial charge in [-0.1, -0.05) is 6.07 Å². The average molecular weight is 767 g/mol. The molecule has 1 aromatic rings. The molecule has 0 saturated heterocycles. The highest BCUT2D eigenvalue weighted by Gasteiger charge is 2.68. The van der Waals surface area contributed by atoms with E-state index in [1.807, 2.05) is 0 Å². The molecule has 0 aromatic heterocycles. The van der Waals surface area contributed by atoms with Crippen molar-refractivity contribution in [3.8, 4) is 11.5 Å². The van der Waals surface area contributed by atoms with Gasteiger partial charge in [0.25, 0.3) is 0 Å². The maximum Gasteiger partial charge on any atom is 0.465 e. The molecule has 0 saturated carbocycles. The number of benzene rings is 1. The molecular formula is C21H9F20NO7. The molecule has 0 N–H and O–H groups in total. The highest BCUT2D eigenvalue weighted by Crippen LogP contribution is 2.43. The molecule has 8 nitrogen and oxygen atoms in total. The van der Waals surface area contributed by atoms with Crippen LogP contribution in [0.4, 0.5) is 87.8 Å². The normalized spacial score (nSPS) is 14.6. The number of hydrogen-bond donors (Lipinski definition) is 0. The molecule has 1 rings (SSSR count). The third-order valence-corrected chi connectivity index (χ3v) is 5.24. The van der Waals surface area contributed by atoms with Crippen LogP contribution in [0.25, 0.3) is 0 Å². The largest absolute Gasteiger partial charge is 0.465 e. The van der Waals surface area contributed by atoms with Crippen molar-refractivity contribution in [3.63, 3.8) is 0 Å². The molecule has 0 aliphatic rings. The van der Waals surface area contributed by atoms with Crippen LogP contribution in [0.3, 0.4) is 0 Å². The van der Waals surface area contributed by atoms with Gasteiger partial charge in [-0.25, -0.2) is 14.4 Å². The molecule has 0 aliphatic heterocycles. The first-order valence-corrected chi connectivity index (χ1v) is 11.3. The average Bonchev–Trinajstić information content (AvgIpc) is 2.90. The summed E-state index contributed by atoms with van der Waals surface area (Å²) >= 11 is 0. The van der Waals surface area contributed by atoms with Crippen LogP contribution in [-0.2, 0) is 23.9 Å². The number of nitrogens with zero attached hydrogens (tertiary/aromatic N) is 1. The third kappa shape index (κ3) is 8.84. The summed E-state index contributed by atoms with van der Waals surface area (Å²) in [5, 5.41) is 0. The number of alkyl halides is 20. The summed E-state index contributed by atoms with van der Waals surface area (Å²) in [5.74, 6) is -45.7. The van der Waals surface area contributed by atoms with Crippen molar-refractivity contribution in [1.29, 1.82) is 0 Å². The summed E-state index contributed by atoms with van der Waals surface area (Å²) in [6, 6.07) is -1.16. The second-order valence-corrected chi connectivity index (χ2v) is 8.85. The standard InChI is InChI=1S/C21H9F20NO7/c1-42(10(43)14(22,23)18(30,31)32)5-9(49-13(46)17(28,29)21(39,40)41)6-2-3-7(47-11(44)15(24,25)19(33,34)35)8(4-6)48-12(45)16(26,27)20(36,37)38/h2-4,9H,5H2,1H3. The van der Waals surface area contributed by atoms with Crippen molar-refractivity contribution < 1.29 is 121 Å². The molecule has 0 aliphatic carbocycles. The highest BCUT2D eigenvalue weighted by atomic mass is 19.4. The summed E-state index contributed by atoms with van der Waals surface area (Å²) in [6.07, 6.45) is -30.7. The van der Waals surface area contributed by atoms with Crippen LogP contribution in [0.2, 0.25) is 0 Å². The molecule has 49 heavy (non-hydrogen) atoms. The third-order valence-electron chi connectivity index (χ3n) is 5.24. The highest BCUT2D eigenvalue weighted by molar-refractivity contribution is 5.85. The number of ether oxygens (including phenoxy) is 3. The van der Waals surface area contributed by atoms with E-state index in [0.717, 1.165) is 0 Å². The number of carbonyl (C=O) groups is 4. The lowest BCUT2D eigenvalue weighted by Crippen LogP contribution is -2.52. The van der Waals surface area contributed by atoms with E-state index in [2.05, 4.69) is 14.2 Å². The zero-order valence-corrected chi connectivity index (χ0v) is 22.4. The zero-order chi connectivity index (χ0) is 39.1. The maximum atomic E-state index is 13.5. The van der Waals surface area contributed by atoms with E-state index in [0.29, 0.717) is 0 Å². The Morgan fingerprint density at radius 2 is 0.898 bits per heavy atom. The Morgan fingerprint density at radius 1 is 0.551 bits per heavy atom. The van der Waals surface area contributed by atoms with Crippen molar-refractivity contribution in [2.24, 2.45) is 0 Å². The minimum atomic E-state index is -6.91. The number of esters is 3. The Labute approximate surface area is 254 Å². The fourth-order valence-electron chi connectivity index (χ4n) is 2.67. The Balaban J connectivity index is 3.94. The Kier molecular flexibility index (Phi) is 11.5. The van der Waals surface area contributed by atoms with Crippen LogP contribution >= 0.6 is 0 Å². The van der Waals surface area contributed by atoms with Gasteiger partial charge in [0.1, 0.15) is 6.10 Å². The van der Waals surface area contributed by atoms with E-state index in [1.165, 1.54) is 0 Å². The maximum absolute atomic E-state index is 13.5. The quantitative estimate of drug-likeness (QED) is 0.156. The number of hydrogen-bond acceptors (Lipinski definition) is 7. The van der Waals surface area contributed by atoms with Crippen molar-refractivity contribution in [1.82, 2.24) is 4.90 Å². The molecular weight excluding hydrogens is 758 g/mol. The molecule has 1 amide bonds. The van der Waals surface area contributed by atoms with Gasteiger partial charge in [0, 0.05) is 7.05 Å². The van der Waals surface area contributed by atoms with Crippen molar-refractivity contribution in [3.05, 3.63) is 23.8 Å². The second kappa shape index (κ2) is 13.2. The number of halogens is 20. The van der Waals surface area contributed by atoms with Gasteiger partial charge in [-0.15, -0.1) is 0 Å². The fourth-order valence-corrected chi connectivity index (χ4v) is 2.67. The van der Waals surface area contributed by atoms with E-state index >= 15 is 0 Å². The van der Waals surface area contributed by atoms with Gasteiger partial charge in [-0.3, -0.25) is 4.79 Å². The molecule has 280 valence electrons. The summed E-state index contributed by atoms with van der Waals surface area (Å²) < 4.78 is 269. The van der Waals surface area contributed by atoms with Gasteiger partial charge in [-0.05, 0) is 17.7 Å². The molecule has 1 atom stereocenters. The first-order valence-electron chi connectivity index (χ1n) is 11.3. The zero-order valence-electron chi connectivity index (χ0n) is 22.4. The van der Waals surface area contributed by atoms with E-state index in [9.17, 15) is 107 Å². The number of rotatable bonds is 10. The smallest absolute Gasteiger partial charge is 0.451 e. The predicted octanol–water partition coefficient (Wildman–Crippen LogP) is 6.33. The number of amides is 1. The van der Waals surface area contributed by atoms with Gasteiger partial charge in [0.05, 0.1) is 6.54 Å². The van der Waals surface area contributed by atoms with Crippen molar-refractivity contribution in [2.75, 3.05) is 13.6 Å². The van der Waals surface area contributed by atoms with E-state index in [4.69, 9.17) is 0 Å². The van der Waals surface area contributed by atoms with Crippen LogP contribution in [0.15, 0.2) is 18.2 Å². The summed E-state index contributed by atoms with van der Waals surface area (Å²) in [5.41, 5.74) is -1.68. The van der Waals surface area contributed by atoms with Crippen molar-refractivity contribution >= 4 is 23.8 Å². The van der Waals surface area contributed by atoms with Gasteiger partial charge in [0.2, 0.25) is 0 Å². The first kappa shape index (κ1) is 42.7. The summed E-state index contributed by atoms with van der Waals surface area (Å²) in [6.45, 7) is -2.23. The van der Waals surface area contributed by atoms with Gasteiger partial charge < -0.3 is 19.1 Å². The lowest BCUT2D eigenvalue weighted by molar-refractivity contribution is -0.283. The number of likely N-dealkylation sites (N-methyl/N-ethyl adjacent to an activating group) is 1. The molecule has 0 radical (unpaired) electrons. The van der Waals surface area contributed by atoms with Crippen LogP contribution < -0.4 is 9.47 Å². The lowest BCUT2D eigenvalue weighted by Gasteiger charge is -2.29. The molecule has 0 heterocycles. The number of carbonyl (C=O) groups excluding carboxylic acids is 4. The Bertz CT molecular complexity index is 1430. The summed E-state index contributed by atoms with van der Waals surface area (Å²) in [7, 11) is -0.106. The van der Waals surface area contributed by atoms with Crippen LogP contribution in [0.5, 0.6) is 11.5 Å². The van der Waals surface area contributed by atoms with Crippen molar-refractivity contribution in [2.45, 2.75) is 54.5 Å². The van der Waals surface area contributed by atoms with E-state index in [1.54, 1.807) is 0 Å². The second-order valence-electron chi connectivity index (χ2n) is 8.85. The van der Waals surface area contributed by atoms with Crippen LogP contribution in [0.1, 0.15) is 11.7 Å².